The monoisotopic (exact) mass is 1420 g/mol. The number of aromatic nitrogens is 6. The van der Waals surface area contributed by atoms with Crippen molar-refractivity contribution in [1.82, 2.24) is 29.1 Å². The van der Waals surface area contributed by atoms with Crippen LogP contribution in [0.15, 0.2) is 180 Å². The smallest absolute Gasteiger partial charge is 0.333 e. The molecule has 1 amide bonds. The van der Waals surface area contributed by atoms with Gasteiger partial charge in [0.1, 0.15) is 72.4 Å². The zero-order valence-corrected chi connectivity index (χ0v) is 58.1. The molecule has 0 radical (unpaired) electrons. The Morgan fingerprint density at radius 2 is 1.31 bits per heavy atom. The third-order valence-electron chi connectivity index (χ3n) is 18.4. The molecule has 2 aliphatic heterocycles. The predicted molar refractivity (Wildman–Crippen MR) is 377 cm³/mol. The van der Waals surface area contributed by atoms with Crippen molar-refractivity contribution in [3.63, 3.8) is 0 Å². The highest BCUT2D eigenvalue weighted by atomic mass is 31.2. The zero-order valence-electron chi connectivity index (χ0n) is 57.2. The highest BCUT2D eigenvalue weighted by Gasteiger charge is 2.46. The number of nitrogens with zero attached hydrogens (tertiary/aromatic N) is 6. The fraction of sp³-hybridized carbons (Fsp3) is 0.338. The Hall–Kier alpha value is -10.4. The number of rotatable bonds is 33. The van der Waals surface area contributed by atoms with Crippen molar-refractivity contribution in [2.45, 2.75) is 126 Å². The normalized spacial score (nSPS) is 18.0. The van der Waals surface area contributed by atoms with Gasteiger partial charge in [-0.2, -0.15) is 5.26 Å². The van der Waals surface area contributed by atoms with Crippen LogP contribution in [0.25, 0.3) is 22.3 Å². The number of Topliss-reactive ketones (excluding diaryl/α,β-unsaturated/α-hetero) is 2. The summed E-state index contributed by atoms with van der Waals surface area (Å²) in [7, 11) is 0.727. The van der Waals surface area contributed by atoms with E-state index in [1.165, 1.54) is 37.3 Å². The number of carbonyl (C=O) groups excluding carboxylic acids is 5. The number of nitriles is 1. The second-order valence-electron chi connectivity index (χ2n) is 25.2. The molecule has 0 spiro atoms. The van der Waals surface area contributed by atoms with Gasteiger partial charge in [-0.1, -0.05) is 115 Å². The first kappa shape index (κ1) is 72.4. The second-order valence-corrected chi connectivity index (χ2v) is 26.3. The summed E-state index contributed by atoms with van der Waals surface area (Å²) in [6, 6.07) is 50.0. The predicted octanol–water partition coefficient (Wildman–Crippen LogP) is 11.4. The van der Waals surface area contributed by atoms with Crippen molar-refractivity contribution in [1.29, 1.82) is 5.26 Å². The van der Waals surface area contributed by atoms with E-state index < -0.39 is 74.2 Å². The number of benzene rings is 6. The number of ether oxygens (including phenoxy) is 7. The van der Waals surface area contributed by atoms with Gasteiger partial charge in [-0.25, -0.2) is 19.7 Å². The number of hydrogen-bond donors (Lipinski definition) is 2. The van der Waals surface area contributed by atoms with Crippen molar-refractivity contribution < 1.29 is 70.7 Å². The van der Waals surface area contributed by atoms with E-state index in [9.17, 15) is 38.8 Å². The van der Waals surface area contributed by atoms with E-state index >= 15 is 0 Å². The summed E-state index contributed by atoms with van der Waals surface area (Å²) in [5, 5.41) is 12.6. The van der Waals surface area contributed by atoms with Gasteiger partial charge in [0.15, 0.2) is 17.0 Å². The lowest BCUT2D eigenvalue weighted by Crippen LogP contribution is -2.38. The molecule has 6 aromatic carbocycles. The molecule has 5 heterocycles. The lowest BCUT2D eigenvalue weighted by molar-refractivity contribution is -0.153. The van der Waals surface area contributed by atoms with Crippen LogP contribution in [0.5, 0.6) is 11.5 Å². The van der Waals surface area contributed by atoms with Crippen LogP contribution in [-0.2, 0) is 68.5 Å². The van der Waals surface area contributed by atoms with E-state index in [0.717, 1.165) is 44.5 Å². The molecule has 0 bridgehead atoms. The number of imidazole rings is 1. The van der Waals surface area contributed by atoms with E-state index in [1.807, 2.05) is 103 Å². The quantitative estimate of drug-likeness (QED) is 0.0167. The molecule has 2 saturated heterocycles. The summed E-state index contributed by atoms with van der Waals surface area (Å²) in [5.74, 6) is -0.413. The SMILES string of the molecule is COc1ccc(C(OC[C@H]2O[C@@H](n3cnc4c(NC(=O)c5ccc(CCC(=O)CCCC(=O)OCC6c7ccccc7-c7ccccc76)cc5)ncnc43)CC2OP(OCCC#N)OC[C@H]2O[C@@H](n3cc(C)c(=O)[nH]c3=O)CC2OC(=O)CCC(C)=O)(c2ccccc2)c2ccc(OC)cc2)cc1. The molecule has 0 saturated carbocycles. The van der Waals surface area contributed by atoms with Gasteiger partial charge >= 0.3 is 26.2 Å². The van der Waals surface area contributed by atoms with E-state index in [4.69, 9.17) is 51.7 Å². The lowest BCUT2D eigenvalue weighted by atomic mass is 9.80. The van der Waals surface area contributed by atoms with Crippen molar-refractivity contribution in [3.8, 4) is 28.7 Å². The van der Waals surface area contributed by atoms with E-state index in [-0.39, 0.29) is 118 Å². The maximum atomic E-state index is 14.0. The van der Waals surface area contributed by atoms with Crippen molar-refractivity contribution in [2.24, 2.45) is 0 Å². The number of anilines is 1. The Morgan fingerprint density at radius 1 is 0.680 bits per heavy atom. The van der Waals surface area contributed by atoms with Crippen LogP contribution < -0.4 is 26.0 Å². The number of amides is 1. The molecular weight excluding hydrogens is 1340 g/mol. The van der Waals surface area contributed by atoms with Crippen LogP contribution in [-0.4, -0.2) is 124 Å². The van der Waals surface area contributed by atoms with Crippen molar-refractivity contribution in [3.05, 3.63) is 236 Å². The molecule has 26 heteroatoms. The van der Waals surface area contributed by atoms with Crippen LogP contribution >= 0.6 is 8.60 Å². The fourth-order valence-electron chi connectivity index (χ4n) is 13.1. The number of hydrogen-bond acceptors (Lipinski definition) is 21. The molecule has 1 aliphatic carbocycles. The Morgan fingerprint density at radius 3 is 1.97 bits per heavy atom. The molecule has 532 valence electrons. The minimum atomic E-state index is -2.44. The summed E-state index contributed by atoms with van der Waals surface area (Å²) in [5.41, 5.74) is 6.07. The van der Waals surface area contributed by atoms with Crippen LogP contribution in [0.1, 0.15) is 132 Å². The van der Waals surface area contributed by atoms with Crippen LogP contribution in [0.2, 0.25) is 0 Å². The van der Waals surface area contributed by atoms with E-state index in [0.29, 0.717) is 35.6 Å². The average molecular weight is 1420 g/mol. The van der Waals surface area contributed by atoms with Gasteiger partial charge in [0, 0.05) is 61.8 Å². The first-order valence-electron chi connectivity index (χ1n) is 33.9. The Balaban J connectivity index is 0.756. The van der Waals surface area contributed by atoms with Gasteiger partial charge in [0.25, 0.3) is 11.5 Å². The number of aromatic amines is 1. The van der Waals surface area contributed by atoms with Gasteiger partial charge in [-0.3, -0.25) is 38.1 Å². The maximum Gasteiger partial charge on any atom is 0.333 e. The van der Waals surface area contributed by atoms with Crippen LogP contribution in [0.4, 0.5) is 5.82 Å². The first-order valence-corrected chi connectivity index (χ1v) is 35.0. The molecule has 3 aromatic heterocycles. The highest BCUT2D eigenvalue weighted by Crippen LogP contribution is 2.50. The summed E-state index contributed by atoms with van der Waals surface area (Å²) >= 11 is 0. The number of methoxy groups -OCH3 is 2. The number of H-pyrrole nitrogens is 1. The molecule has 3 unspecified atom stereocenters. The number of ketones is 2. The summed E-state index contributed by atoms with van der Waals surface area (Å²) in [4.78, 5) is 107. The molecule has 2 N–H and O–H groups in total. The number of esters is 2. The topological polar surface area (TPSA) is 312 Å². The largest absolute Gasteiger partial charge is 0.497 e. The minimum absolute atomic E-state index is 0.0109. The summed E-state index contributed by atoms with van der Waals surface area (Å²) < 4.78 is 66.2. The van der Waals surface area contributed by atoms with Gasteiger partial charge < -0.3 is 56.8 Å². The Kier molecular flexibility index (Phi) is 23.6. The van der Waals surface area contributed by atoms with Crippen molar-refractivity contribution in [2.75, 3.05) is 46.0 Å². The molecule has 103 heavy (non-hydrogen) atoms. The van der Waals surface area contributed by atoms with Crippen molar-refractivity contribution >= 4 is 55.0 Å². The Bertz CT molecular complexity index is 4570. The molecule has 3 aliphatic rings. The molecule has 2 fully saturated rings. The van der Waals surface area contributed by atoms with Gasteiger partial charge in [0.2, 0.25) is 0 Å². The van der Waals surface area contributed by atoms with Crippen LogP contribution in [0.3, 0.4) is 0 Å². The second kappa shape index (κ2) is 33.6. The van der Waals surface area contributed by atoms with Gasteiger partial charge in [0.05, 0.1) is 65.4 Å². The molecule has 12 rings (SSSR count). The number of fused-ring (bicyclic) bond motifs is 4. The summed E-state index contributed by atoms with van der Waals surface area (Å²) in [6.45, 7) is 2.50. The molecule has 7 atom stereocenters. The third-order valence-corrected chi connectivity index (χ3v) is 19.6. The summed E-state index contributed by atoms with van der Waals surface area (Å²) in [6.07, 6.45) is -0.541. The van der Waals surface area contributed by atoms with E-state index in [2.05, 4.69) is 50.6 Å². The Labute approximate surface area is 594 Å². The maximum absolute atomic E-state index is 14.0. The number of carbonyl (C=O) groups is 5. The molecule has 9 aromatic rings. The first-order chi connectivity index (χ1) is 50.1. The lowest BCUT2D eigenvalue weighted by Gasteiger charge is -2.37. The van der Waals surface area contributed by atoms with Gasteiger partial charge in [-0.05, 0) is 108 Å². The zero-order chi connectivity index (χ0) is 72.0. The highest BCUT2D eigenvalue weighted by molar-refractivity contribution is 7.41. The fourth-order valence-corrected chi connectivity index (χ4v) is 14.2. The standard InChI is InChI=1S/C77H77N8O17P/c1-48-42-84(76(92)83-74(48)90)67-40-63(101-70(89)37-22-49(2)86)66(100-67)45-98-103(97-39-13-38-78)102-64-41-68(99-65(64)44-96-77(52-14-6-5-7-15-52,53-28-33-56(93-3)34-29-53)54-30-35-57(94-4)36-31-54)85-47-81-71-72(79-46-80-73(71)85)82-75(91)51-26-23-50(24-27-51)25-32-55(87)16-12-21-69(88)95-43-62-60-19-10-8-17-58(60)59-18-9-11-20-61(59)62/h5-11,14-15,17-20,23-24,26-31,33-36,42,46-47,62-68H,12-13,16,21-22,25,32,37,39-41,43-45H2,1-4H3,(H,83,90,92)(H,79,80,82,91)/t63?,64?,65-,66-,67-,68-,103?/m1/s1. The van der Waals surface area contributed by atoms with E-state index in [1.54, 1.807) is 43.1 Å². The minimum Gasteiger partial charge on any atom is -0.497 e. The number of aryl methyl sites for hydroxylation is 2. The average Bonchev–Trinajstić information content (AvgIpc) is 1.67. The number of nitrogens with one attached hydrogen (secondary N) is 2. The van der Waals surface area contributed by atoms with Gasteiger partial charge in [-0.15, -0.1) is 0 Å². The molecule has 25 nitrogen and oxygen atoms in total. The molecular formula is C77H77N8O17P. The third kappa shape index (κ3) is 17.1. The van der Waals surface area contributed by atoms with Crippen LogP contribution in [0, 0.1) is 18.3 Å².